The number of aryl methyl sites for hydroxylation is 2. The van der Waals surface area contributed by atoms with Crippen molar-refractivity contribution in [2.45, 2.75) is 26.3 Å². The summed E-state index contributed by atoms with van der Waals surface area (Å²) in [5, 5.41) is 3.31. The fourth-order valence-electron chi connectivity index (χ4n) is 2.10. The number of hydrogen-bond acceptors (Lipinski definition) is 2. The van der Waals surface area contributed by atoms with Gasteiger partial charge >= 0.3 is 0 Å². The fourth-order valence-corrected chi connectivity index (χ4v) is 2.42. The van der Waals surface area contributed by atoms with Gasteiger partial charge in [0.2, 0.25) is 0 Å². The van der Waals surface area contributed by atoms with Gasteiger partial charge in [-0.3, -0.25) is 0 Å². The second-order valence-corrected chi connectivity index (χ2v) is 5.40. The molecule has 0 amide bonds. The van der Waals surface area contributed by atoms with E-state index in [2.05, 4.69) is 53.3 Å². The van der Waals surface area contributed by atoms with Crippen molar-refractivity contribution in [2.24, 2.45) is 0 Å². The van der Waals surface area contributed by atoms with E-state index < -0.39 is 0 Å². The number of likely N-dealkylation sites (N-methyl/N-ethyl adjacent to an activating group) is 1. The van der Waals surface area contributed by atoms with Crippen LogP contribution in [0.5, 0.6) is 0 Å². The Balaban J connectivity index is 2.22. The molecule has 0 aliphatic heterocycles. The smallest absolute Gasteiger partial charge is 0.169 e. The van der Waals surface area contributed by atoms with Crippen LogP contribution in [0.4, 0.5) is 0 Å². The molecule has 1 N–H and O–H groups in total. The summed E-state index contributed by atoms with van der Waals surface area (Å²) in [7, 11) is 1.96. The molecule has 0 spiro atoms. The van der Waals surface area contributed by atoms with Crippen LogP contribution >= 0.6 is 15.9 Å². The quantitative estimate of drug-likeness (QED) is 0.917. The van der Waals surface area contributed by atoms with Crippen molar-refractivity contribution >= 4 is 15.9 Å². The molecule has 0 radical (unpaired) electrons. The predicted octanol–water partition coefficient (Wildman–Crippen LogP) is 4.16. The van der Waals surface area contributed by atoms with Gasteiger partial charge in [-0.1, -0.05) is 23.8 Å². The zero-order chi connectivity index (χ0) is 13.1. The Labute approximate surface area is 117 Å². The molecule has 96 valence electrons. The summed E-state index contributed by atoms with van der Waals surface area (Å²) in [6.07, 6.45) is 0.934. The lowest BCUT2D eigenvalue weighted by molar-refractivity contribution is 0.416. The highest BCUT2D eigenvalue weighted by Gasteiger charge is 2.15. The Morgan fingerprint density at radius 1 is 1.22 bits per heavy atom. The lowest BCUT2D eigenvalue weighted by atomic mass is 9.98. The molecule has 0 bridgehead atoms. The van der Waals surface area contributed by atoms with E-state index in [1.165, 1.54) is 16.7 Å². The summed E-state index contributed by atoms with van der Waals surface area (Å²) in [4.78, 5) is 0. The highest BCUT2D eigenvalue weighted by atomic mass is 79.9. The lowest BCUT2D eigenvalue weighted by Gasteiger charge is -2.15. The summed E-state index contributed by atoms with van der Waals surface area (Å²) in [6.45, 7) is 4.28. The summed E-state index contributed by atoms with van der Waals surface area (Å²) in [5.41, 5.74) is 3.99. The van der Waals surface area contributed by atoms with Crippen molar-refractivity contribution in [3.63, 3.8) is 0 Å². The van der Waals surface area contributed by atoms with Gasteiger partial charge in [0, 0.05) is 0 Å². The molecular formula is C15H18BrNO. The second kappa shape index (κ2) is 5.72. The maximum atomic E-state index is 5.63. The van der Waals surface area contributed by atoms with E-state index in [4.69, 9.17) is 4.42 Å². The minimum atomic E-state index is 0.205. The average molecular weight is 308 g/mol. The van der Waals surface area contributed by atoms with Gasteiger partial charge in [0.25, 0.3) is 0 Å². The van der Waals surface area contributed by atoms with Crippen molar-refractivity contribution in [3.8, 4) is 0 Å². The van der Waals surface area contributed by atoms with E-state index in [1.54, 1.807) is 0 Å². The molecule has 0 saturated carbocycles. The summed E-state index contributed by atoms with van der Waals surface area (Å²) >= 11 is 3.35. The molecule has 1 atom stereocenters. The lowest BCUT2D eigenvalue weighted by Crippen LogP contribution is -2.18. The Morgan fingerprint density at radius 2 is 2.00 bits per heavy atom. The first-order chi connectivity index (χ1) is 8.60. The van der Waals surface area contributed by atoms with E-state index in [9.17, 15) is 0 Å². The molecule has 1 aromatic carbocycles. The van der Waals surface area contributed by atoms with Gasteiger partial charge in [-0.2, -0.15) is 0 Å². The van der Waals surface area contributed by atoms with Crippen molar-refractivity contribution in [3.05, 3.63) is 57.5 Å². The molecule has 3 heteroatoms. The van der Waals surface area contributed by atoms with Gasteiger partial charge in [-0.05, 0) is 66.5 Å². The number of furan rings is 1. The van der Waals surface area contributed by atoms with Crippen LogP contribution in [0.15, 0.2) is 39.4 Å². The first-order valence-corrected chi connectivity index (χ1v) is 6.88. The van der Waals surface area contributed by atoms with Crippen LogP contribution in [0.25, 0.3) is 0 Å². The van der Waals surface area contributed by atoms with Crippen molar-refractivity contribution in [1.29, 1.82) is 0 Å². The first-order valence-electron chi connectivity index (χ1n) is 6.09. The zero-order valence-electron chi connectivity index (χ0n) is 11.0. The highest BCUT2D eigenvalue weighted by molar-refractivity contribution is 9.10. The van der Waals surface area contributed by atoms with E-state index in [0.29, 0.717) is 0 Å². The van der Waals surface area contributed by atoms with Crippen LogP contribution < -0.4 is 5.32 Å². The molecule has 0 aliphatic carbocycles. The highest BCUT2D eigenvalue weighted by Crippen LogP contribution is 2.24. The third kappa shape index (κ3) is 3.03. The molecule has 1 unspecified atom stereocenters. The van der Waals surface area contributed by atoms with Gasteiger partial charge in [0.1, 0.15) is 5.76 Å². The molecule has 0 aliphatic rings. The largest absolute Gasteiger partial charge is 0.453 e. The van der Waals surface area contributed by atoms with Crippen molar-refractivity contribution < 1.29 is 4.42 Å². The minimum Gasteiger partial charge on any atom is -0.453 e. The van der Waals surface area contributed by atoms with Crippen LogP contribution in [0.1, 0.15) is 28.5 Å². The summed E-state index contributed by atoms with van der Waals surface area (Å²) in [5.74, 6) is 0.963. The van der Waals surface area contributed by atoms with Crippen LogP contribution in [0.2, 0.25) is 0 Å². The third-order valence-corrected chi connectivity index (χ3v) is 3.64. The fraction of sp³-hybridized carbons (Fsp3) is 0.333. The second-order valence-electron chi connectivity index (χ2n) is 4.62. The van der Waals surface area contributed by atoms with E-state index in [1.807, 2.05) is 19.2 Å². The number of hydrogen-bond donors (Lipinski definition) is 1. The van der Waals surface area contributed by atoms with Gasteiger partial charge in [0.15, 0.2) is 4.67 Å². The average Bonchev–Trinajstić information content (AvgIpc) is 2.77. The van der Waals surface area contributed by atoms with Crippen LogP contribution in [0.3, 0.4) is 0 Å². The van der Waals surface area contributed by atoms with Gasteiger partial charge in [0.05, 0.1) is 6.04 Å². The van der Waals surface area contributed by atoms with E-state index in [0.717, 1.165) is 16.9 Å². The molecule has 2 aromatic rings. The summed E-state index contributed by atoms with van der Waals surface area (Å²) < 4.78 is 6.41. The minimum absolute atomic E-state index is 0.205. The normalized spacial score (nSPS) is 12.7. The molecular weight excluding hydrogens is 290 g/mol. The molecule has 0 fully saturated rings. The van der Waals surface area contributed by atoms with Crippen molar-refractivity contribution in [1.82, 2.24) is 5.32 Å². The topological polar surface area (TPSA) is 25.2 Å². The Hall–Kier alpha value is -1.06. The van der Waals surface area contributed by atoms with Crippen LogP contribution in [0, 0.1) is 13.8 Å². The maximum Gasteiger partial charge on any atom is 0.169 e. The third-order valence-electron chi connectivity index (χ3n) is 3.21. The number of rotatable bonds is 4. The first kappa shape index (κ1) is 13.4. The Bertz CT molecular complexity index is 533. The number of nitrogens with one attached hydrogen (secondary N) is 1. The summed E-state index contributed by atoms with van der Waals surface area (Å²) in [6, 6.07) is 10.7. The van der Waals surface area contributed by atoms with Crippen molar-refractivity contribution in [2.75, 3.05) is 7.05 Å². The zero-order valence-corrected chi connectivity index (χ0v) is 12.5. The molecule has 18 heavy (non-hydrogen) atoms. The van der Waals surface area contributed by atoms with Gasteiger partial charge in [-0.25, -0.2) is 0 Å². The van der Waals surface area contributed by atoms with Crippen LogP contribution in [-0.4, -0.2) is 7.05 Å². The van der Waals surface area contributed by atoms with Gasteiger partial charge < -0.3 is 9.73 Å². The standard InChI is InChI=1S/C15H18BrNO/c1-10-4-5-11(2)12(8-10)9-13(17-3)14-6-7-15(16)18-14/h4-8,13,17H,9H2,1-3H3. The molecule has 2 rings (SSSR count). The maximum absolute atomic E-state index is 5.63. The van der Waals surface area contributed by atoms with E-state index >= 15 is 0 Å². The molecule has 1 heterocycles. The van der Waals surface area contributed by atoms with E-state index in [-0.39, 0.29) is 6.04 Å². The molecule has 0 saturated heterocycles. The number of benzene rings is 1. The van der Waals surface area contributed by atoms with Crippen LogP contribution in [-0.2, 0) is 6.42 Å². The Kier molecular flexibility index (Phi) is 4.25. The molecule has 2 nitrogen and oxygen atoms in total. The Morgan fingerprint density at radius 3 is 2.61 bits per heavy atom. The monoisotopic (exact) mass is 307 g/mol. The van der Waals surface area contributed by atoms with Gasteiger partial charge in [-0.15, -0.1) is 0 Å². The molecule has 1 aromatic heterocycles. The predicted molar refractivity (Wildman–Crippen MR) is 77.8 cm³/mol. The SMILES string of the molecule is CNC(Cc1cc(C)ccc1C)c1ccc(Br)o1. The number of halogens is 1.